The fraction of sp³-hybridized carbons (Fsp3) is 0.278. The Morgan fingerprint density at radius 3 is 2.52 bits per heavy atom. The maximum absolute atomic E-state index is 12.4. The van der Waals surface area contributed by atoms with Gasteiger partial charge in [0.25, 0.3) is 5.91 Å². The molecule has 0 saturated carbocycles. The second-order valence-electron chi connectivity index (χ2n) is 5.59. The lowest BCUT2D eigenvalue weighted by Gasteiger charge is -2.09. The van der Waals surface area contributed by atoms with Crippen LogP contribution in [0.15, 0.2) is 53.4 Å². The van der Waals surface area contributed by atoms with Crippen LogP contribution < -0.4 is 10.0 Å². The Kier molecular flexibility index (Phi) is 6.69. The standard InChI is InChI=1S/C18H22N2O4S/c1-14-6-8-15(9-7-14)13-20-25(22,23)17-5-3-4-16(12-17)18(21)19-10-11-24-2/h3-9,12,20H,10-11,13H2,1-2H3,(H,19,21). The summed E-state index contributed by atoms with van der Waals surface area (Å²) in [7, 11) is -2.16. The molecular formula is C18H22N2O4S. The third kappa shape index (κ3) is 5.67. The number of hydrogen-bond acceptors (Lipinski definition) is 4. The summed E-state index contributed by atoms with van der Waals surface area (Å²) in [4.78, 5) is 12.1. The molecule has 0 fully saturated rings. The third-order valence-electron chi connectivity index (χ3n) is 3.59. The van der Waals surface area contributed by atoms with E-state index in [1.165, 1.54) is 12.1 Å². The van der Waals surface area contributed by atoms with Crippen molar-refractivity contribution in [2.24, 2.45) is 0 Å². The summed E-state index contributed by atoms with van der Waals surface area (Å²) in [6.07, 6.45) is 0. The van der Waals surface area contributed by atoms with Crippen LogP contribution in [0.4, 0.5) is 0 Å². The molecule has 1 amide bonds. The molecular weight excluding hydrogens is 340 g/mol. The minimum atomic E-state index is -3.70. The summed E-state index contributed by atoms with van der Waals surface area (Å²) in [6.45, 7) is 2.91. The molecule has 2 N–H and O–H groups in total. The average molecular weight is 362 g/mol. The number of carbonyl (C=O) groups is 1. The van der Waals surface area contributed by atoms with Crippen molar-refractivity contribution in [1.29, 1.82) is 0 Å². The van der Waals surface area contributed by atoms with Crippen molar-refractivity contribution in [3.63, 3.8) is 0 Å². The van der Waals surface area contributed by atoms with Crippen molar-refractivity contribution in [1.82, 2.24) is 10.0 Å². The van der Waals surface area contributed by atoms with Crippen molar-refractivity contribution >= 4 is 15.9 Å². The fourth-order valence-corrected chi connectivity index (χ4v) is 3.20. The number of ether oxygens (including phenoxy) is 1. The van der Waals surface area contributed by atoms with Gasteiger partial charge in [-0.25, -0.2) is 13.1 Å². The highest BCUT2D eigenvalue weighted by Gasteiger charge is 2.16. The largest absolute Gasteiger partial charge is 0.383 e. The number of methoxy groups -OCH3 is 1. The molecule has 0 aliphatic carbocycles. The molecule has 0 saturated heterocycles. The predicted molar refractivity (Wildman–Crippen MR) is 95.9 cm³/mol. The lowest BCUT2D eigenvalue weighted by molar-refractivity contribution is 0.0937. The van der Waals surface area contributed by atoms with Crippen molar-refractivity contribution < 1.29 is 17.9 Å². The van der Waals surface area contributed by atoms with Gasteiger partial charge in [0.05, 0.1) is 11.5 Å². The summed E-state index contributed by atoms with van der Waals surface area (Å²) in [6, 6.07) is 13.5. The highest BCUT2D eigenvalue weighted by atomic mass is 32.2. The van der Waals surface area contributed by atoms with Crippen LogP contribution in [0.25, 0.3) is 0 Å². The van der Waals surface area contributed by atoms with Gasteiger partial charge in [0, 0.05) is 25.8 Å². The number of aryl methyl sites for hydroxylation is 1. The normalized spacial score (nSPS) is 11.3. The molecule has 134 valence electrons. The molecule has 0 radical (unpaired) electrons. The lowest BCUT2D eigenvalue weighted by Crippen LogP contribution is -2.27. The van der Waals surface area contributed by atoms with E-state index in [0.717, 1.165) is 11.1 Å². The Bertz CT molecular complexity index is 817. The summed E-state index contributed by atoms with van der Waals surface area (Å²) in [5, 5.41) is 2.66. The Balaban J connectivity index is 2.07. The Morgan fingerprint density at radius 2 is 1.84 bits per heavy atom. The van der Waals surface area contributed by atoms with Gasteiger partial charge in [-0.15, -0.1) is 0 Å². The zero-order valence-corrected chi connectivity index (χ0v) is 15.1. The van der Waals surface area contributed by atoms with Crippen LogP contribution in [0.5, 0.6) is 0 Å². The SMILES string of the molecule is COCCNC(=O)c1cccc(S(=O)(=O)NCc2ccc(C)cc2)c1. The number of amides is 1. The molecule has 2 aromatic carbocycles. The quantitative estimate of drug-likeness (QED) is 0.702. The van der Waals surface area contributed by atoms with Gasteiger partial charge in [-0.1, -0.05) is 35.9 Å². The predicted octanol–water partition coefficient (Wildman–Crippen LogP) is 1.85. The van der Waals surface area contributed by atoms with E-state index in [0.29, 0.717) is 13.2 Å². The number of rotatable bonds is 8. The first-order chi connectivity index (χ1) is 11.9. The van der Waals surface area contributed by atoms with Gasteiger partial charge in [0.2, 0.25) is 10.0 Å². The summed E-state index contributed by atoms with van der Waals surface area (Å²) in [5.41, 5.74) is 2.26. The molecule has 0 aliphatic heterocycles. The zero-order valence-electron chi connectivity index (χ0n) is 14.3. The van der Waals surface area contributed by atoms with Crippen LogP contribution in [0, 0.1) is 6.92 Å². The van der Waals surface area contributed by atoms with Crippen molar-refractivity contribution in [2.75, 3.05) is 20.3 Å². The molecule has 7 heteroatoms. The zero-order chi connectivity index (χ0) is 18.3. The second-order valence-corrected chi connectivity index (χ2v) is 7.35. The first-order valence-electron chi connectivity index (χ1n) is 7.85. The number of benzene rings is 2. The molecule has 0 bridgehead atoms. The second kappa shape index (κ2) is 8.75. The van der Waals surface area contributed by atoms with Gasteiger partial charge >= 0.3 is 0 Å². The maximum atomic E-state index is 12.4. The number of sulfonamides is 1. The van der Waals surface area contributed by atoms with Crippen LogP contribution in [0.1, 0.15) is 21.5 Å². The first kappa shape index (κ1) is 19.1. The summed E-state index contributed by atoms with van der Waals surface area (Å²) in [5.74, 6) is -0.340. The number of hydrogen-bond donors (Lipinski definition) is 2. The van der Waals surface area contributed by atoms with Crippen molar-refractivity contribution in [3.05, 3.63) is 65.2 Å². The Labute approximate surface area is 148 Å². The molecule has 2 rings (SSSR count). The minimum absolute atomic E-state index is 0.0546. The van der Waals surface area contributed by atoms with Gasteiger partial charge in [0.15, 0.2) is 0 Å². The van der Waals surface area contributed by atoms with E-state index < -0.39 is 10.0 Å². The van der Waals surface area contributed by atoms with Gasteiger partial charge in [0.1, 0.15) is 0 Å². The van der Waals surface area contributed by atoms with Crippen LogP contribution in [-0.4, -0.2) is 34.6 Å². The fourth-order valence-electron chi connectivity index (χ4n) is 2.14. The molecule has 0 spiro atoms. The average Bonchev–Trinajstić information content (AvgIpc) is 2.61. The lowest BCUT2D eigenvalue weighted by atomic mass is 10.2. The van der Waals surface area contributed by atoms with E-state index in [9.17, 15) is 13.2 Å². The van der Waals surface area contributed by atoms with Gasteiger partial charge in [-0.05, 0) is 30.7 Å². The monoisotopic (exact) mass is 362 g/mol. The molecule has 0 unspecified atom stereocenters. The molecule has 0 atom stereocenters. The Morgan fingerprint density at radius 1 is 1.12 bits per heavy atom. The van der Waals surface area contributed by atoms with E-state index >= 15 is 0 Å². The molecule has 0 heterocycles. The first-order valence-corrected chi connectivity index (χ1v) is 9.33. The van der Waals surface area contributed by atoms with Gasteiger partial charge < -0.3 is 10.1 Å². The maximum Gasteiger partial charge on any atom is 0.251 e. The third-order valence-corrected chi connectivity index (χ3v) is 4.98. The van der Waals surface area contributed by atoms with Gasteiger partial charge in [-0.2, -0.15) is 0 Å². The van der Waals surface area contributed by atoms with E-state index in [4.69, 9.17) is 4.74 Å². The molecule has 0 aromatic heterocycles. The van der Waals surface area contributed by atoms with E-state index in [-0.39, 0.29) is 22.9 Å². The van der Waals surface area contributed by atoms with Crippen LogP contribution in [-0.2, 0) is 21.3 Å². The van der Waals surface area contributed by atoms with Crippen LogP contribution in [0.2, 0.25) is 0 Å². The van der Waals surface area contributed by atoms with Crippen LogP contribution in [0.3, 0.4) is 0 Å². The van der Waals surface area contributed by atoms with Crippen molar-refractivity contribution in [3.8, 4) is 0 Å². The minimum Gasteiger partial charge on any atom is -0.383 e. The highest BCUT2D eigenvalue weighted by molar-refractivity contribution is 7.89. The molecule has 25 heavy (non-hydrogen) atoms. The van der Waals surface area contributed by atoms with E-state index in [1.807, 2.05) is 31.2 Å². The summed E-state index contributed by atoms with van der Waals surface area (Å²) < 4.78 is 32.3. The van der Waals surface area contributed by atoms with E-state index in [1.54, 1.807) is 19.2 Å². The molecule has 0 aliphatic rings. The van der Waals surface area contributed by atoms with E-state index in [2.05, 4.69) is 10.0 Å². The topological polar surface area (TPSA) is 84.5 Å². The smallest absolute Gasteiger partial charge is 0.251 e. The summed E-state index contributed by atoms with van der Waals surface area (Å²) >= 11 is 0. The highest BCUT2D eigenvalue weighted by Crippen LogP contribution is 2.12. The Hall–Kier alpha value is -2.22. The number of nitrogens with one attached hydrogen (secondary N) is 2. The van der Waals surface area contributed by atoms with Crippen molar-refractivity contribution in [2.45, 2.75) is 18.4 Å². The number of carbonyl (C=O) groups excluding carboxylic acids is 1. The van der Waals surface area contributed by atoms with Gasteiger partial charge in [-0.3, -0.25) is 4.79 Å². The molecule has 6 nitrogen and oxygen atoms in total. The molecule has 2 aromatic rings. The van der Waals surface area contributed by atoms with Crippen LogP contribution >= 0.6 is 0 Å².